The minimum absolute atomic E-state index is 0.348. The first-order chi connectivity index (χ1) is 5.75. The average Bonchev–Trinajstić information content (AvgIpc) is 2.08. The third-order valence-corrected chi connectivity index (χ3v) is 2.48. The molecule has 0 unspecified atom stereocenters. The van der Waals surface area contributed by atoms with Crippen LogP contribution in [-0.2, 0) is 4.79 Å². The van der Waals surface area contributed by atoms with E-state index >= 15 is 0 Å². The van der Waals surface area contributed by atoms with Crippen molar-refractivity contribution in [2.75, 3.05) is 0 Å². The fourth-order valence-corrected chi connectivity index (χ4v) is 1.62. The second-order valence-electron chi connectivity index (χ2n) is 3.33. The molecule has 1 aliphatic rings. The molecule has 0 aromatic heterocycles. The number of ketones is 1. The van der Waals surface area contributed by atoms with E-state index in [1.165, 1.54) is 5.57 Å². The summed E-state index contributed by atoms with van der Waals surface area (Å²) < 4.78 is 0. The summed E-state index contributed by atoms with van der Waals surface area (Å²) in [6, 6.07) is 0. The van der Waals surface area contributed by atoms with Crippen LogP contribution >= 0.6 is 0 Å². The Bertz CT molecular complexity index is 223. The number of Topliss-reactive ketones (excluding diaryl/α,β-unsaturated/α-hetero) is 1. The predicted molar refractivity (Wildman–Crippen MR) is 51.0 cm³/mol. The smallest absolute Gasteiger partial charge is 0.158 e. The van der Waals surface area contributed by atoms with E-state index in [9.17, 15) is 4.79 Å². The maximum absolute atomic E-state index is 11.3. The van der Waals surface area contributed by atoms with Crippen LogP contribution in [0.15, 0.2) is 23.8 Å². The molecule has 1 aliphatic carbocycles. The first-order valence-electron chi connectivity index (χ1n) is 4.58. The van der Waals surface area contributed by atoms with Gasteiger partial charge < -0.3 is 0 Å². The number of hydrogen-bond acceptors (Lipinski definition) is 1. The Kier molecular flexibility index (Phi) is 3.27. The highest BCUT2D eigenvalue weighted by atomic mass is 16.1. The van der Waals surface area contributed by atoms with E-state index in [1.54, 1.807) is 0 Å². The molecule has 0 amide bonds. The van der Waals surface area contributed by atoms with Crippen LogP contribution in [0, 0.1) is 0 Å². The fourth-order valence-electron chi connectivity index (χ4n) is 1.62. The molecular formula is C11H16O. The van der Waals surface area contributed by atoms with Crippen LogP contribution in [0.5, 0.6) is 0 Å². The molecule has 0 radical (unpaired) electrons. The zero-order chi connectivity index (χ0) is 8.97. The van der Waals surface area contributed by atoms with Gasteiger partial charge in [0.15, 0.2) is 5.78 Å². The van der Waals surface area contributed by atoms with E-state index in [2.05, 4.69) is 6.58 Å². The van der Waals surface area contributed by atoms with Crippen molar-refractivity contribution in [1.82, 2.24) is 0 Å². The van der Waals surface area contributed by atoms with E-state index in [0.29, 0.717) is 5.78 Å². The van der Waals surface area contributed by atoms with Crippen LogP contribution in [0.1, 0.15) is 39.0 Å². The van der Waals surface area contributed by atoms with Crippen molar-refractivity contribution in [3.05, 3.63) is 23.8 Å². The molecule has 0 heterocycles. The van der Waals surface area contributed by atoms with E-state index in [4.69, 9.17) is 0 Å². The summed E-state index contributed by atoms with van der Waals surface area (Å²) in [6.07, 6.45) is 6.86. The van der Waals surface area contributed by atoms with E-state index in [0.717, 1.165) is 37.7 Å². The summed E-state index contributed by atoms with van der Waals surface area (Å²) in [7, 11) is 0. The lowest BCUT2D eigenvalue weighted by Crippen LogP contribution is -2.08. The van der Waals surface area contributed by atoms with E-state index < -0.39 is 0 Å². The second-order valence-corrected chi connectivity index (χ2v) is 3.33. The molecule has 66 valence electrons. The third-order valence-electron chi connectivity index (χ3n) is 2.48. The molecule has 0 saturated heterocycles. The summed E-state index contributed by atoms with van der Waals surface area (Å²) in [5, 5.41) is 0. The van der Waals surface area contributed by atoms with Crippen LogP contribution in [0.4, 0.5) is 0 Å². The summed E-state index contributed by atoms with van der Waals surface area (Å²) in [6.45, 7) is 5.64. The van der Waals surface area contributed by atoms with Gasteiger partial charge in [-0.15, -0.1) is 6.58 Å². The van der Waals surface area contributed by atoms with Crippen molar-refractivity contribution < 1.29 is 4.79 Å². The minimum atomic E-state index is 0.348. The number of hydrogen-bond donors (Lipinski definition) is 0. The Balaban J connectivity index is 2.64. The molecule has 1 nitrogen and oxygen atoms in total. The first-order valence-corrected chi connectivity index (χ1v) is 4.58. The maximum Gasteiger partial charge on any atom is 0.158 e. The Morgan fingerprint density at radius 1 is 1.50 bits per heavy atom. The Morgan fingerprint density at radius 2 is 2.25 bits per heavy atom. The van der Waals surface area contributed by atoms with Gasteiger partial charge in [0.1, 0.15) is 0 Å². The molecule has 0 atom stereocenters. The van der Waals surface area contributed by atoms with E-state index in [-0.39, 0.29) is 0 Å². The molecular weight excluding hydrogens is 148 g/mol. The SMILES string of the molecule is C=CCCC1=C(C)C(=O)CCC1. The van der Waals surface area contributed by atoms with Gasteiger partial charge in [-0.3, -0.25) is 4.79 Å². The number of carbonyl (C=O) groups excluding carboxylic acids is 1. The summed E-state index contributed by atoms with van der Waals surface area (Å²) >= 11 is 0. The lowest BCUT2D eigenvalue weighted by molar-refractivity contribution is -0.116. The minimum Gasteiger partial charge on any atom is -0.295 e. The summed E-state index contributed by atoms with van der Waals surface area (Å²) in [4.78, 5) is 11.3. The summed E-state index contributed by atoms with van der Waals surface area (Å²) in [5.74, 6) is 0.348. The highest BCUT2D eigenvalue weighted by molar-refractivity contribution is 5.96. The lowest BCUT2D eigenvalue weighted by atomic mass is 9.89. The second kappa shape index (κ2) is 4.24. The highest BCUT2D eigenvalue weighted by Crippen LogP contribution is 2.25. The van der Waals surface area contributed by atoms with Crippen molar-refractivity contribution in [1.29, 1.82) is 0 Å². The topological polar surface area (TPSA) is 17.1 Å². The van der Waals surface area contributed by atoms with Crippen LogP contribution < -0.4 is 0 Å². The molecule has 0 spiro atoms. The van der Waals surface area contributed by atoms with Crippen molar-refractivity contribution in [3.63, 3.8) is 0 Å². The molecule has 1 rings (SSSR count). The van der Waals surface area contributed by atoms with Crippen molar-refractivity contribution >= 4 is 5.78 Å². The number of carbonyl (C=O) groups is 1. The molecule has 0 aromatic rings. The van der Waals surface area contributed by atoms with Crippen LogP contribution in [0.2, 0.25) is 0 Å². The monoisotopic (exact) mass is 164 g/mol. The average molecular weight is 164 g/mol. The molecule has 0 saturated carbocycles. The van der Waals surface area contributed by atoms with Gasteiger partial charge in [0, 0.05) is 6.42 Å². The van der Waals surface area contributed by atoms with Gasteiger partial charge in [0.25, 0.3) is 0 Å². The normalized spacial score (nSPS) is 18.2. The molecule has 0 N–H and O–H groups in total. The molecule has 0 aromatic carbocycles. The lowest BCUT2D eigenvalue weighted by Gasteiger charge is -2.15. The Morgan fingerprint density at radius 3 is 2.92 bits per heavy atom. The standard InChI is InChI=1S/C11H16O/c1-3-4-6-10-7-5-8-11(12)9(10)2/h3H,1,4-8H2,2H3. The zero-order valence-corrected chi connectivity index (χ0v) is 7.73. The predicted octanol–water partition coefficient (Wildman–Crippen LogP) is 3.02. The molecule has 0 bridgehead atoms. The third kappa shape index (κ3) is 2.07. The van der Waals surface area contributed by atoms with Crippen molar-refractivity contribution in [3.8, 4) is 0 Å². The molecule has 0 aliphatic heterocycles. The first kappa shape index (κ1) is 9.24. The zero-order valence-electron chi connectivity index (χ0n) is 7.73. The summed E-state index contributed by atoms with van der Waals surface area (Å²) in [5.41, 5.74) is 2.37. The van der Waals surface area contributed by atoms with Gasteiger partial charge in [-0.05, 0) is 38.2 Å². The number of allylic oxidation sites excluding steroid dienone is 3. The van der Waals surface area contributed by atoms with Gasteiger partial charge in [0.05, 0.1) is 0 Å². The van der Waals surface area contributed by atoms with Gasteiger partial charge >= 0.3 is 0 Å². The van der Waals surface area contributed by atoms with Gasteiger partial charge in [-0.1, -0.05) is 11.6 Å². The Hall–Kier alpha value is -0.850. The van der Waals surface area contributed by atoms with Crippen molar-refractivity contribution in [2.24, 2.45) is 0 Å². The number of rotatable bonds is 3. The van der Waals surface area contributed by atoms with Gasteiger partial charge in [0.2, 0.25) is 0 Å². The van der Waals surface area contributed by atoms with Crippen LogP contribution in [-0.4, -0.2) is 5.78 Å². The largest absolute Gasteiger partial charge is 0.295 e. The molecule has 1 heteroatoms. The Labute approximate surface area is 74.2 Å². The van der Waals surface area contributed by atoms with Gasteiger partial charge in [-0.25, -0.2) is 0 Å². The van der Waals surface area contributed by atoms with E-state index in [1.807, 2.05) is 13.0 Å². The van der Waals surface area contributed by atoms with Crippen LogP contribution in [0.3, 0.4) is 0 Å². The molecule has 12 heavy (non-hydrogen) atoms. The fraction of sp³-hybridized carbons (Fsp3) is 0.545. The van der Waals surface area contributed by atoms with Gasteiger partial charge in [-0.2, -0.15) is 0 Å². The van der Waals surface area contributed by atoms with Crippen LogP contribution in [0.25, 0.3) is 0 Å². The quantitative estimate of drug-likeness (QED) is 0.586. The molecule has 0 fully saturated rings. The van der Waals surface area contributed by atoms with Crippen molar-refractivity contribution in [2.45, 2.75) is 39.0 Å². The highest BCUT2D eigenvalue weighted by Gasteiger charge is 2.15. The maximum atomic E-state index is 11.3.